The highest BCUT2D eigenvalue weighted by molar-refractivity contribution is 5.96. The van der Waals surface area contributed by atoms with Crippen LogP contribution in [0.1, 0.15) is 39.5 Å². The van der Waals surface area contributed by atoms with Gasteiger partial charge in [0.15, 0.2) is 18.9 Å². The van der Waals surface area contributed by atoms with E-state index in [4.69, 9.17) is 52.5 Å². The average Bonchev–Trinajstić information content (AvgIpc) is 3.06. The van der Waals surface area contributed by atoms with Gasteiger partial charge < -0.3 is 57.6 Å². The maximum atomic E-state index is 12.2. The fourth-order valence-corrected chi connectivity index (χ4v) is 4.72. The molecule has 16 heteroatoms. The number of fused-ring (bicyclic) bond motifs is 1. The zero-order valence-electron chi connectivity index (χ0n) is 26.8. The van der Waals surface area contributed by atoms with Crippen LogP contribution >= 0.6 is 0 Å². The van der Waals surface area contributed by atoms with E-state index >= 15 is 0 Å². The number of carbonyl (C=O) groups excluding carboxylic acids is 4. The molecule has 0 radical (unpaired) electrons. The van der Waals surface area contributed by atoms with E-state index in [0.29, 0.717) is 0 Å². The summed E-state index contributed by atoms with van der Waals surface area (Å²) in [5, 5.41) is 18.6. The highest BCUT2D eigenvalue weighted by Gasteiger charge is 2.47. The van der Waals surface area contributed by atoms with Crippen LogP contribution in [0, 0.1) is 11.8 Å². The van der Waals surface area contributed by atoms with Crippen molar-refractivity contribution in [1.82, 2.24) is 0 Å². The maximum absolute atomic E-state index is 12.2. The van der Waals surface area contributed by atoms with E-state index in [1.807, 2.05) is 30.3 Å². The molecule has 4 rings (SSSR count). The van der Waals surface area contributed by atoms with Gasteiger partial charge in [0.05, 0.1) is 52.9 Å². The highest BCUT2D eigenvalue weighted by Crippen LogP contribution is 2.32. The molecule has 0 spiro atoms. The minimum atomic E-state index is -1.41. The standard InChI is InChI=1S/C19H24O8.C12H20O8/c1-3-22-16(20)15(17(21)23-4-2)19-25-11-13-14(27-19)10-24-18(26-13)12-8-6-5-7-9-12;1-3-17-10(15)9(11(16)18-4-2)12-19-6-7(14)8(5-13)20-12/h5-9,13-15,18-19H,3-4,10-11H2,1-2H3;7-9,12-14H,3-6H2,1-2H3/t13-,14+,18?,19?;7-,8+,12?/m00/s1. The van der Waals surface area contributed by atoms with Crippen molar-refractivity contribution in [3.05, 3.63) is 35.9 Å². The quantitative estimate of drug-likeness (QED) is 0.175. The molecule has 0 amide bonds. The topological polar surface area (TPSA) is 201 Å². The molecule has 3 aliphatic rings. The Morgan fingerprint density at radius 1 is 0.681 bits per heavy atom. The Labute approximate surface area is 272 Å². The molecule has 3 heterocycles. The van der Waals surface area contributed by atoms with E-state index < -0.39 is 79.5 Å². The molecule has 0 bridgehead atoms. The third-order valence-electron chi connectivity index (χ3n) is 6.99. The normalized spacial score (nSPS) is 27.1. The van der Waals surface area contributed by atoms with Gasteiger partial charge in [0.1, 0.15) is 24.4 Å². The van der Waals surface area contributed by atoms with Gasteiger partial charge >= 0.3 is 23.9 Å². The van der Waals surface area contributed by atoms with Gasteiger partial charge in [0, 0.05) is 5.56 Å². The molecule has 3 saturated heterocycles. The van der Waals surface area contributed by atoms with E-state index in [1.54, 1.807) is 27.7 Å². The van der Waals surface area contributed by atoms with Crippen LogP contribution in [0.5, 0.6) is 0 Å². The molecule has 7 atom stereocenters. The first-order valence-corrected chi connectivity index (χ1v) is 15.5. The average molecular weight is 673 g/mol. The Morgan fingerprint density at radius 2 is 1.13 bits per heavy atom. The number of rotatable bonds is 12. The molecule has 3 unspecified atom stereocenters. The zero-order valence-corrected chi connectivity index (χ0v) is 26.8. The van der Waals surface area contributed by atoms with Gasteiger partial charge in [-0.2, -0.15) is 0 Å². The highest BCUT2D eigenvalue weighted by atomic mass is 16.8. The summed E-state index contributed by atoms with van der Waals surface area (Å²) in [6.07, 6.45) is -5.66. The lowest BCUT2D eigenvalue weighted by molar-refractivity contribution is -0.345. The summed E-state index contributed by atoms with van der Waals surface area (Å²) < 4.78 is 53.0. The molecule has 0 aromatic heterocycles. The second kappa shape index (κ2) is 19.6. The molecule has 3 fully saturated rings. The molecule has 16 nitrogen and oxygen atoms in total. The molecule has 0 saturated carbocycles. The Balaban J connectivity index is 0.000000268. The molecular weight excluding hydrogens is 628 g/mol. The number of hydrogen-bond acceptors (Lipinski definition) is 16. The lowest BCUT2D eigenvalue weighted by Crippen LogP contribution is -2.55. The van der Waals surface area contributed by atoms with Crippen LogP contribution in [0.25, 0.3) is 0 Å². The van der Waals surface area contributed by atoms with Crippen molar-refractivity contribution in [2.45, 2.75) is 71.0 Å². The number of hydrogen-bond donors (Lipinski definition) is 2. The molecule has 3 aliphatic heterocycles. The third-order valence-corrected chi connectivity index (χ3v) is 6.99. The van der Waals surface area contributed by atoms with Crippen molar-refractivity contribution in [2.24, 2.45) is 11.8 Å². The minimum absolute atomic E-state index is 0.0908. The van der Waals surface area contributed by atoms with Gasteiger partial charge in [-0.25, -0.2) is 0 Å². The number of carbonyl (C=O) groups is 4. The second-order valence-corrected chi connectivity index (χ2v) is 10.2. The first-order chi connectivity index (χ1) is 22.7. The maximum Gasteiger partial charge on any atom is 0.325 e. The van der Waals surface area contributed by atoms with E-state index in [1.165, 1.54) is 0 Å². The Bertz CT molecular complexity index is 1100. The van der Waals surface area contributed by atoms with Crippen LogP contribution in [-0.2, 0) is 66.5 Å². The zero-order chi connectivity index (χ0) is 34.3. The second-order valence-electron chi connectivity index (χ2n) is 10.2. The van der Waals surface area contributed by atoms with Gasteiger partial charge in [0.2, 0.25) is 11.8 Å². The first-order valence-electron chi connectivity index (χ1n) is 15.5. The number of benzene rings is 1. The summed E-state index contributed by atoms with van der Waals surface area (Å²) in [4.78, 5) is 48.1. The molecule has 0 aliphatic carbocycles. The third kappa shape index (κ3) is 10.6. The number of ether oxygens (including phenoxy) is 10. The smallest absolute Gasteiger partial charge is 0.325 e. The minimum Gasteiger partial charge on any atom is -0.465 e. The summed E-state index contributed by atoms with van der Waals surface area (Å²) in [5.41, 5.74) is 0.897. The number of aliphatic hydroxyl groups excluding tert-OH is 2. The largest absolute Gasteiger partial charge is 0.465 e. The van der Waals surface area contributed by atoms with Crippen LogP contribution in [0.15, 0.2) is 30.3 Å². The predicted molar refractivity (Wildman–Crippen MR) is 156 cm³/mol. The molecule has 2 N–H and O–H groups in total. The van der Waals surface area contributed by atoms with E-state index in [0.717, 1.165) is 5.56 Å². The van der Waals surface area contributed by atoms with Crippen molar-refractivity contribution >= 4 is 23.9 Å². The van der Waals surface area contributed by atoms with Crippen molar-refractivity contribution in [3.8, 4) is 0 Å². The van der Waals surface area contributed by atoms with Crippen LogP contribution < -0.4 is 0 Å². The van der Waals surface area contributed by atoms with Gasteiger partial charge in [-0.3, -0.25) is 19.2 Å². The number of aliphatic hydroxyl groups is 2. The van der Waals surface area contributed by atoms with Gasteiger partial charge in [-0.1, -0.05) is 30.3 Å². The van der Waals surface area contributed by atoms with Gasteiger partial charge in [0.25, 0.3) is 0 Å². The lowest BCUT2D eigenvalue weighted by Gasteiger charge is -2.42. The van der Waals surface area contributed by atoms with Crippen LogP contribution in [-0.4, -0.2) is 124 Å². The Morgan fingerprint density at radius 3 is 1.62 bits per heavy atom. The molecule has 47 heavy (non-hydrogen) atoms. The molecule has 1 aromatic rings. The molecular formula is C31H44O16. The Kier molecular flexibility index (Phi) is 15.9. The summed E-state index contributed by atoms with van der Waals surface area (Å²) >= 11 is 0. The van der Waals surface area contributed by atoms with Crippen LogP contribution in [0.3, 0.4) is 0 Å². The van der Waals surface area contributed by atoms with Crippen molar-refractivity contribution in [3.63, 3.8) is 0 Å². The van der Waals surface area contributed by atoms with E-state index in [-0.39, 0.29) is 52.4 Å². The summed E-state index contributed by atoms with van der Waals surface area (Å²) in [6, 6.07) is 9.55. The van der Waals surface area contributed by atoms with E-state index in [9.17, 15) is 24.3 Å². The predicted octanol–water partition coefficient (Wildman–Crippen LogP) is 0.408. The van der Waals surface area contributed by atoms with E-state index in [2.05, 4.69) is 0 Å². The van der Waals surface area contributed by atoms with Crippen molar-refractivity contribution in [2.75, 3.05) is 52.9 Å². The lowest BCUT2D eigenvalue weighted by atomic mass is 10.1. The summed E-state index contributed by atoms with van der Waals surface area (Å²) in [5.74, 6) is -5.85. The van der Waals surface area contributed by atoms with Crippen LogP contribution in [0.2, 0.25) is 0 Å². The monoisotopic (exact) mass is 672 g/mol. The van der Waals surface area contributed by atoms with Gasteiger partial charge in [-0.15, -0.1) is 0 Å². The first kappa shape index (κ1) is 38.2. The van der Waals surface area contributed by atoms with Crippen LogP contribution in [0.4, 0.5) is 0 Å². The Hall–Kier alpha value is -3.22. The molecule has 1 aromatic carbocycles. The van der Waals surface area contributed by atoms with Crippen molar-refractivity contribution in [1.29, 1.82) is 0 Å². The SMILES string of the molecule is CCOC(=O)C(C(=O)OCC)C1OC[C@@H]2OC(c3ccccc3)OC[C@H]2O1.CCOC(=O)C(C(=O)OCC)C1OC[C@H](O)[C@@H](CO)O1. The van der Waals surface area contributed by atoms with Crippen molar-refractivity contribution < 1.29 is 76.8 Å². The molecule has 264 valence electrons. The number of esters is 4. The fraction of sp³-hybridized carbons (Fsp3) is 0.677. The summed E-state index contributed by atoms with van der Waals surface area (Å²) in [7, 11) is 0. The summed E-state index contributed by atoms with van der Waals surface area (Å²) in [6.45, 7) is 6.77. The fourth-order valence-electron chi connectivity index (χ4n) is 4.72. The van der Waals surface area contributed by atoms with Gasteiger partial charge in [-0.05, 0) is 27.7 Å².